The molecule has 3 aliphatic heterocycles. The summed E-state index contributed by atoms with van der Waals surface area (Å²) in [6.07, 6.45) is -2.03. The molecule has 18 heteroatoms. The van der Waals surface area contributed by atoms with E-state index in [2.05, 4.69) is 203 Å². The summed E-state index contributed by atoms with van der Waals surface area (Å²) >= 11 is 0. The van der Waals surface area contributed by atoms with Gasteiger partial charge in [-0.2, -0.15) is 0 Å². The van der Waals surface area contributed by atoms with E-state index < -0.39 is 49.9 Å². The Bertz CT molecular complexity index is 1850. The maximum absolute atomic E-state index is 15.4. The fourth-order valence-corrected chi connectivity index (χ4v) is 16.3. The molecule has 12 nitrogen and oxygen atoms in total. The van der Waals surface area contributed by atoms with Gasteiger partial charge in [-0.25, -0.2) is 0 Å². The predicted octanol–water partition coefficient (Wildman–Crippen LogP) is 14.4. The summed E-state index contributed by atoms with van der Waals surface area (Å²) < 4.78 is 42.9. The van der Waals surface area contributed by atoms with Gasteiger partial charge < -0.3 is 41.3 Å². The Balaban J connectivity index is 1.89. The maximum atomic E-state index is 15.4. The molecule has 0 N–H and O–H groups in total. The zero-order valence-electron chi connectivity index (χ0n) is 53.5. The summed E-state index contributed by atoms with van der Waals surface area (Å²) in [6, 6.07) is 5.11. The van der Waals surface area contributed by atoms with Crippen molar-refractivity contribution in [2.75, 3.05) is 39.3 Å². The topological polar surface area (TPSA) is 116 Å². The summed E-state index contributed by atoms with van der Waals surface area (Å²) in [6.45, 7) is 69.2. The van der Waals surface area contributed by atoms with Crippen LogP contribution in [-0.2, 0) is 26.6 Å². The summed E-state index contributed by atoms with van der Waals surface area (Å²) in [5.41, 5.74) is 0.855. The lowest BCUT2D eigenvalue weighted by atomic mass is 10.0. The van der Waals surface area contributed by atoms with Gasteiger partial charge in [-0.05, 0) is 127 Å². The molecular weight excluding hydrogens is 1040 g/mol. The zero-order valence-corrected chi connectivity index (χ0v) is 59.5. The molecule has 0 aliphatic carbocycles. The van der Waals surface area contributed by atoms with E-state index >= 15 is 14.4 Å². The number of hydrogen-bond acceptors (Lipinski definition) is 9. The van der Waals surface area contributed by atoms with Crippen LogP contribution in [0.3, 0.4) is 0 Å². The van der Waals surface area contributed by atoms with Crippen molar-refractivity contribution in [2.45, 2.75) is 270 Å². The molecule has 0 radical (unpaired) electrons. The molecule has 4 rings (SSSR count). The second kappa shape index (κ2) is 21.9. The second-order valence-electron chi connectivity index (χ2n) is 31.9. The first kappa shape index (κ1) is 66.2. The molecule has 0 saturated carbocycles. The largest absolute Gasteiger partial charge is 0.409 e. The van der Waals surface area contributed by atoms with Gasteiger partial charge in [0, 0.05) is 56.0 Å². The minimum Gasteiger partial charge on any atom is -0.409 e. The number of hydrogen-bond donors (Lipinski definition) is 0. The fraction of sp³-hybridized carbons (Fsp3) is 0.842. The Morgan fingerprint density at radius 3 is 0.533 bits per heavy atom. The van der Waals surface area contributed by atoms with Crippen LogP contribution in [-0.4, -0.2) is 158 Å². The lowest BCUT2D eigenvalue weighted by Gasteiger charge is -2.42. The van der Waals surface area contributed by atoms with Crippen LogP contribution in [0.4, 0.5) is 0 Å². The third kappa shape index (κ3) is 15.2. The third-order valence-electron chi connectivity index (χ3n) is 19.7. The van der Waals surface area contributed by atoms with E-state index in [-0.39, 0.29) is 101 Å². The van der Waals surface area contributed by atoms with E-state index in [9.17, 15) is 0 Å². The number of amides is 3. The van der Waals surface area contributed by atoms with E-state index in [0.29, 0.717) is 39.3 Å². The molecule has 432 valence electrons. The molecule has 3 fully saturated rings. The molecule has 1 aromatic carbocycles. The first-order valence-electron chi connectivity index (χ1n) is 28.3. The Labute approximate surface area is 464 Å². The van der Waals surface area contributed by atoms with Crippen LogP contribution < -0.4 is 0 Å². The maximum Gasteiger partial charge on any atom is 0.254 e. The number of likely N-dealkylation sites (tertiary alicyclic amines) is 3. The highest BCUT2D eigenvalue weighted by Crippen LogP contribution is 2.46. The Morgan fingerprint density at radius 2 is 0.427 bits per heavy atom. The molecule has 3 aliphatic rings. The van der Waals surface area contributed by atoms with Crippen LogP contribution in [0, 0.1) is 0 Å². The molecular formula is C57H111N3O9Si6. The van der Waals surface area contributed by atoms with Crippen molar-refractivity contribution in [3.8, 4) is 0 Å². The standard InChI is InChI=1S/C57H111N3O9Si6/c1-52(2,3)70(19,20)64-43-34-58(35-44(43)65-71(21,22)53(4,5)6)49(61)40-31-41(50(62)59-36-45(66-72(23,24)54(7,8)9)46(37-59)67-73(25,26)55(10,11)12)33-42(32-40)51(63)60-38-47(68-74(27,28)56(13,14)15)48(39-60)69-75(29,30)57(16,17)18/h31-33,43-48H,34-39H2,1-30H3/t43-,44-,45-,46-,47-,48-/m0/s1. The van der Waals surface area contributed by atoms with Crippen molar-refractivity contribution >= 4 is 67.6 Å². The SMILES string of the molecule is CC(C)(C)[Si](C)(C)O[C@H]1CN(C(=O)c2cc(C(=O)N3C[C@H](O[Si](C)(C)C(C)(C)C)[C@@H](O[Si](C)(C)C(C)(C)C)C3)cc(C(=O)N3C[C@H](O[Si](C)(C)C(C)(C)C)[C@@H](O[Si](C)(C)C(C)(C)C)C3)c2)C[C@@H]1O[Si](C)(C)C(C)(C)C. The van der Waals surface area contributed by atoms with Crippen LogP contribution >= 0.6 is 0 Å². The van der Waals surface area contributed by atoms with Crippen LogP contribution in [0.5, 0.6) is 0 Å². The Morgan fingerprint density at radius 1 is 0.307 bits per heavy atom. The number of carbonyl (C=O) groups excluding carboxylic acids is 3. The van der Waals surface area contributed by atoms with Gasteiger partial charge in [-0.1, -0.05) is 125 Å². The summed E-state index contributed by atoms with van der Waals surface area (Å²) in [5, 5.41) is -0.369. The van der Waals surface area contributed by atoms with Crippen LogP contribution in [0.15, 0.2) is 18.2 Å². The summed E-state index contributed by atoms with van der Waals surface area (Å²) in [7, 11) is -13.9. The lowest BCUT2D eigenvalue weighted by molar-refractivity contribution is 0.0713. The lowest BCUT2D eigenvalue weighted by Crippen LogP contribution is -2.51. The van der Waals surface area contributed by atoms with E-state index in [1.54, 1.807) is 18.2 Å². The van der Waals surface area contributed by atoms with Crippen LogP contribution in [0.1, 0.15) is 156 Å². The van der Waals surface area contributed by atoms with Gasteiger partial charge in [0.25, 0.3) is 17.7 Å². The van der Waals surface area contributed by atoms with E-state index in [1.807, 2.05) is 14.7 Å². The Kier molecular flexibility index (Phi) is 19.3. The summed E-state index contributed by atoms with van der Waals surface area (Å²) in [4.78, 5) is 51.7. The molecule has 0 bridgehead atoms. The van der Waals surface area contributed by atoms with E-state index in [0.717, 1.165) is 0 Å². The average molecular weight is 1150 g/mol. The Hall–Kier alpha value is -1.31. The van der Waals surface area contributed by atoms with Crippen molar-refractivity contribution in [3.05, 3.63) is 34.9 Å². The fourth-order valence-electron chi connectivity index (χ4n) is 8.29. The van der Waals surface area contributed by atoms with Crippen molar-refractivity contribution in [1.82, 2.24) is 14.7 Å². The molecule has 0 unspecified atom stereocenters. The molecule has 3 heterocycles. The average Bonchev–Trinajstić information content (AvgIpc) is 3.89. The number of rotatable bonds is 15. The number of carbonyl (C=O) groups is 3. The minimum absolute atomic E-state index is 0.0615. The van der Waals surface area contributed by atoms with E-state index in [4.69, 9.17) is 26.6 Å². The molecule has 0 spiro atoms. The van der Waals surface area contributed by atoms with Gasteiger partial charge >= 0.3 is 0 Å². The van der Waals surface area contributed by atoms with E-state index in [1.165, 1.54) is 0 Å². The monoisotopic (exact) mass is 1150 g/mol. The highest BCUT2D eigenvalue weighted by atomic mass is 28.4. The smallest absolute Gasteiger partial charge is 0.254 e. The van der Waals surface area contributed by atoms with Crippen LogP contribution in [0.2, 0.25) is 109 Å². The molecule has 6 atom stereocenters. The summed E-state index contributed by atoms with van der Waals surface area (Å²) in [5.74, 6) is -0.783. The van der Waals surface area contributed by atoms with Gasteiger partial charge in [0.05, 0.1) is 36.6 Å². The van der Waals surface area contributed by atoms with Gasteiger partial charge in [0.2, 0.25) is 0 Å². The van der Waals surface area contributed by atoms with Crippen molar-refractivity contribution < 1.29 is 40.9 Å². The number of benzene rings is 1. The first-order valence-corrected chi connectivity index (χ1v) is 45.7. The second-order valence-corrected chi connectivity index (χ2v) is 60.5. The van der Waals surface area contributed by atoms with Crippen molar-refractivity contribution in [1.29, 1.82) is 0 Å². The third-order valence-corrected chi connectivity index (χ3v) is 46.7. The quantitative estimate of drug-likeness (QED) is 0.158. The first-order chi connectivity index (χ1) is 33.2. The van der Waals surface area contributed by atoms with Gasteiger partial charge in [0.1, 0.15) is 0 Å². The van der Waals surface area contributed by atoms with Crippen molar-refractivity contribution in [3.63, 3.8) is 0 Å². The highest BCUT2D eigenvalue weighted by molar-refractivity contribution is 6.76. The molecule has 1 aromatic rings. The molecule has 3 amide bonds. The minimum atomic E-state index is -2.31. The highest BCUT2D eigenvalue weighted by Gasteiger charge is 2.53. The van der Waals surface area contributed by atoms with Gasteiger partial charge in [-0.15, -0.1) is 0 Å². The molecule has 3 saturated heterocycles. The van der Waals surface area contributed by atoms with Crippen molar-refractivity contribution in [2.24, 2.45) is 0 Å². The molecule has 75 heavy (non-hydrogen) atoms. The van der Waals surface area contributed by atoms with Gasteiger partial charge in [-0.3, -0.25) is 14.4 Å². The van der Waals surface area contributed by atoms with Gasteiger partial charge in [0.15, 0.2) is 49.9 Å². The zero-order chi connectivity index (χ0) is 58.3. The van der Waals surface area contributed by atoms with Crippen LogP contribution in [0.25, 0.3) is 0 Å². The molecule has 0 aromatic heterocycles. The normalized spacial score (nSPS) is 23.7. The number of nitrogens with zero attached hydrogens (tertiary/aromatic N) is 3. The predicted molar refractivity (Wildman–Crippen MR) is 327 cm³/mol.